The van der Waals surface area contributed by atoms with Crippen molar-refractivity contribution in [3.63, 3.8) is 0 Å². The Bertz CT molecular complexity index is 683. The van der Waals surface area contributed by atoms with Gasteiger partial charge in [0.1, 0.15) is 0 Å². The number of piperidine rings is 1. The summed E-state index contributed by atoms with van der Waals surface area (Å²) in [4.78, 5) is 23.8. The Morgan fingerprint density at radius 1 is 1.17 bits per heavy atom. The zero-order valence-electron chi connectivity index (χ0n) is 18.5. The van der Waals surface area contributed by atoms with Gasteiger partial charge in [0, 0.05) is 59.1 Å². The molecule has 2 fully saturated rings. The van der Waals surface area contributed by atoms with Gasteiger partial charge in [0.05, 0.1) is 19.3 Å². The molecule has 1 N–H and O–H groups in total. The Morgan fingerprint density at radius 2 is 1.86 bits per heavy atom. The van der Waals surface area contributed by atoms with Crippen LogP contribution in [0.15, 0.2) is 17.4 Å². The Balaban J connectivity index is 1.40. The predicted molar refractivity (Wildman–Crippen MR) is 116 cm³/mol. The van der Waals surface area contributed by atoms with Crippen LogP contribution in [-0.4, -0.2) is 95.8 Å². The number of nitrogens with zero attached hydrogens (tertiary/aromatic N) is 6. The smallest absolute Gasteiger partial charge is 0.236 e. The van der Waals surface area contributed by atoms with Gasteiger partial charge >= 0.3 is 0 Å². The molecule has 0 saturated carbocycles. The standard InChI is InChI=1S/C21H37N7O/c1-17-11-18(2)14-27(13-17)20(29)16-25-7-9-26(10-8-25)21(22-4)23-5-6-28-15-19(3)12-24-28/h12,15,17-18H,5-11,13-14,16H2,1-4H3,(H,22,23). The second-order valence-electron chi connectivity index (χ2n) is 8.76. The van der Waals surface area contributed by atoms with Crippen LogP contribution < -0.4 is 5.32 Å². The summed E-state index contributed by atoms with van der Waals surface area (Å²) in [5.74, 6) is 2.44. The van der Waals surface area contributed by atoms with Gasteiger partial charge in [-0.1, -0.05) is 13.8 Å². The fourth-order valence-corrected chi connectivity index (χ4v) is 4.48. The highest BCUT2D eigenvalue weighted by atomic mass is 16.2. The zero-order valence-corrected chi connectivity index (χ0v) is 18.5. The van der Waals surface area contributed by atoms with E-state index >= 15 is 0 Å². The summed E-state index contributed by atoms with van der Waals surface area (Å²) in [6, 6.07) is 0. The molecular formula is C21H37N7O. The number of hydrogen-bond acceptors (Lipinski definition) is 4. The Labute approximate surface area is 174 Å². The van der Waals surface area contributed by atoms with E-state index < -0.39 is 0 Å². The lowest BCUT2D eigenvalue weighted by Crippen LogP contribution is -2.55. The third kappa shape index (κ3) is 6.19. The highest BCUT2D eigenvalue weighted by molar-refractivity contribution is 5.80. The van der Waals surface area contributed by atoms with Crippen molar-refractivity contribution in [3.05, 3.63) is 18.0 Å². The van der Waals surface area contributed by atoms with E-state index in [-0.39, 0.29) is 5.91 Å². The summed E-state index contributed by atoms with van der Waals surface area (Å²) in [5, 5.41) is 7.75. The number of aryl methyl sites for hydroxylation is 1. The van der Waals surface area contributed by atoms with E-state index in [0.717, 1.165) is 58.3 Å². The van der Waals surface area contributed by atoms with Crippen molar-refractivity contribution in [2.45, 2.75) is 33.7 Å². The van der Waals surface area contributed by atoms with Crippen molar-refractivity contribution < 1.29 is 4.79 Å². The lowest BCUT2D eigenvalue weighted by molar-refractivity contribution is -0.135. The summed E-state index contributed by atoms with van der Waals surface area (Å²) < 4.78 is 1.95. The Kier molecular flexibility index (Phi) is 7.52. The normalized spacial score (nSPS) is 24.1. The van der Waals surface area contributed by atoms with E-state index in [1.165, 1.54) is 12.0 Å². The first-order valence-corrected chi connectivity index (χ1v) is 10.9. The van der Waals surface area contributed by atoms with Crippen molar-refractivity contribution in [2.75, 3.05) is 59.4 Å². The van der Waals surface area contributed by atoms with E-state index in [2.05, 4.69) is 44.0 Å². The van der Waals surface area contributed by atoms with Gasteiger partial charge in [-0.05, 0) is 30.7 Å². The summed E-state index contributed by atoms with van der Waals surface area (Å²) in [6.45, 7) is 14.1. The molecule has 0 radical (unpaired) electrons. The van der Waals surface area contributed by atoms with Gasteiger partial charge in [0.2, 0.25) is 5.91 Å². The number of aromatic nitrogens is 2. The molecule has 3 heterocycles. The first kappa shape index (κ1) is 21.6. The van der Waals surface area contributed by atoms with Gasteiger partial charge in [-0.2, -0.15) is 5.10 Å². The van der Waals surface area contributed by atoms with Crippen molar-refractivity contribution in [2.24, 2.45) is 16.8 Å². The first-order valence-electron chi connectivity index (χ1n) is 10.9. The molecule has 0 aliphatic carbocycles. The third-order valence-corrected chi connectivity index (χ3v) is 5.85. The number of carbonyl (C=O) groups excluding carboxylic acids is 1. The average molecular weight is 404 g/mol. The molecule has 8 nitrogen and oxygen atoms in total. The molecule has 162 valence electrons. The molecule has 0 aromatic carbocycles. The number of piperazine rings is 1. The zero-order chi connectivity index (χ0) is 20.8. The van der Waals surface area contributed by atoms with Crippen molar-refractivity contribution in [1.29, 1.82) is 0 Å². The number of hydrogen-bond donors (Lipinski definition) is 1. The number of rotatable bonds is 5. The molecule has 8 heteroatoms. The second kappa shape index (κ2) is 10.1. The molecule has 2 atom stereocenters. The number of carbonyl (C=O) groups is 1. The van der Waals surface area contributed by atoms with Crippen molar-refractivity contribution >= 4 is 11.9 Å². The monoisotopic (exact) mass is 403 g/mol. The van der Waals surface area contributed by atoms with E-state index in [9.17, 15) is 4.79 Å². The van der Waals surface area contributed by atoms with Crippen molar-refractivity contribution in [3.8, 4) is 0 Å². The number of guanidine groups is 1. The number of nitrogens with one attached hydrogen (secondary N) is 1. The van der Waals surface area contributed by atoms with Crippen LogP contribution in [0.4, 0.5) is 0 Å². The van der Waals surface area contributed by atoms with Gasteiger partial charge in [-0.25, -0.2) is 0 Å². The summed E-state index contributed by atoms with van der Waals surface area (Å²) in [5.41, 5.74) is 1.17. The number of aliphatic imine (C=N–C) groups is 1. The summed E-state index contributed by atoms with van der Waals surface area (Å²) in [7, 11) is 1.83. The summed E-state index contributed by atoms with van der Waals surface area (Å²) >= 11 is 0. The minimum absolute atomic E-state index is 0.286. The maximum absolute atomic E-state index is 12.7. The highest BCUT2D eigenvalue weighted by Gasteiger charge is 2.27. The van der Waals surface area contributed by atoms with Crippen molar-refractivity contribution in [1.82, 2.24) is 29.8 Å². The maximum Gasteiger partial charge on any atom is 0.236 e. The molecular weight excluding hydrogens is 366 g/mol. The van der Waals surface area contributed by atoms with E-state index in [1.54, 1.807) is 0 Å². The largest absolute Gasteiger partial charge is 0.354 e. The fourth-order valence-electron chi connectivity index (χ4n) is 4.48. The SMILES string of the molecule is CN=C(NCCn1cc(C)cn1)N1CCN(CC(=O)N2CC(C)CC(C)C2)CC1. The van der Waals surface area contributed by atoms with E-state index in [1.807, 2.05) is 31.0 Å². The van der Waals surface area contributed by atoms with Gasteiger partial charge in [-0.3, -0.25) is 19.4 Å². The van der Waals surface area contributed by atoms with Crippen LogP contribution in [0.5, 0.6) is 0 Å². The van der Waals surface area contributed by atoms with E-state index in [4.69, 9.17) is 0 Å². The molecule has 2 aliphatic heterocycles. The molecule has 1 aromatic rings. The van der Waals surface area contributed by atoms with Gasteiger partial charge in [0.25, 0.3) is 0 Å². The molecule has 3 rings (SSSR count). The Hall–Kier alpha value is -2.09. The lowest BCUT2D eigenvalue weighted by atomic mass is 9.92. The second-order valence-corrected chi connectivity index (χ2v) is 8.76. The summed E-state index contributed by atoms with van der Waals surface area (Å²) in [6.07, 6.45) is 5.15. The molecule has 2 unspecified atom stereocenters. The van der Waals surface area contributed by atoms with Gasteiger partial charge in [-0.15, -0.1) is 0 Å². The maximum atomic E-state index is 12.7. The number of likely N-dealkylation sites (tertiary alicyclic amines) is 1. The van der Waals surface area contributed by atoms with Crippen LogP contribution in [0.1, 0.15) is 25.8 Å². The van der Waals surface area contributed by atoms with Crippen LogP contribution in [0, 0.1) is 18.8 Å². The molecule has 29 heavy (non-hydrogen) atoms. The topological polar surface area (TPSA) is 69.0 Å². The van der Waals surface area contributed by atoms with E-state index in [0.29, 0.717) is 18.4 Å². The molecule has 1 amide bonds. The minimum atomic E-state index is 0.286. The predicted octanol–water partition coefficient (Wildman–Crippen LogP) is 0.889. The first-order chi connectivity index (χ1) is 13.9. The van der Waals surface area contributed by atoms with Crippen LogP contribution >= 0.6 is 0 Å². The third-order valence-electron chi connectivity index (χ3n) is 5.85. The van der Waals surface area contributed by atoms with Crippen LogP contribution in [-0.2, 0) is 11.3 Å². The fraction of sp³-hybridized carbons (Fsp3) is 0.762. The van der Waals surface area contributed by atoms with Crippen LogP contribution in [0.3, 0.4) is 0 Å². The van der Waals surface area contributed by atoms with Gasteiger partial charge < -0.3 is 15.1 Å². The minimum Gasteiger partial charge on any atom is -0.354 e. The average Bonchev–Trinajstić information content (AvgIpc) is 3.10. The van der Waals surface area contributed by atoms with Crippen LogP contribution in [0.25, 0.3) is 0 Å². The molecule has 1 aromatic heterocycles. The van der Waals surface area contributed by atoms with Gasteiger partial charge in [0.15, 0.2) is 5.96 Å². The molecule has 2 aliphatic rings. The molecule has 0 spiro atoms. The lowest BCUT2D eigenvalue weighted by Gasteiger charge is -2.39. The quantitative estimate of drug-likeness (QED) is 0.584. The number of amides is 1. The Morgan fingerprint density at radius 3 is 2.45 bits per heavy atom. The van der Waals surface area contributed by atoms with Crippen LogP contribution in [0.2, 0.25) is 0 Å². The highest BCUT2D eigenvalue weighted by Crippen LogP contribution is 2.21. The molecule has 2 saturated heterocycles. The molecule has 0 bridgehead atoms.